The monoisotopic (exact) mass is 587 g/mol. The van der Waals surface area contributed by atoms with Gasteiger partial charge in [-0.15, -0.1) is 0 Å². The van der Waals surface area contributed by atoms with Gasteiger partial charge in [0.15, 0.2) is 11.6 Å². The maximum Gasteiger partial charge on any atom is 0.190 e. The zero-order valence-electron chi connectivity index (χ0n) is 24.7. The van der Waals surface area contributed by atoms with Gasteiger partial charge in [-0.2, -0.15) is 0 Å². The first kappa shape index (κ1) is 31.9. The minimum atomic E-state index is -0.250. The number of allylic oxidation sites excluding steroid dienone is 10. The summed E-state index contributed by atoms with van der Waals surface area (Å²) < 4.78 is 0. The SMILES string of the molecule is CC(C)(C)C1=CC=C/C(=C/N[C@H](c2ccccc2)[C@H](N/C=C2/C=CC=C(C(C)(C)C)C2=O)c2ccccc2)C1=O.[Mn]. The quantitative estimate of drug-likeness (QED) is 0.258. The molecule has 2 aliphatic carbocycles. The van der Waals surface area contributed by atoms with Gasteiger partial charge in [0.1, 0.15) is 0 Å². The van der Waals surface area contributed by atoms with E-state index in [-0.39, 0.29) is 51.5 Å². The fourth-order valence-electron chi connectivity index (χ4n) is 4.97. The molecule has 4 nitrogen and oxygen atoms in total. The van der Waals surface area contributed by atoms with Crippen LogP contribution in [0.4, 0.5) is 0 Å². The summed E-state index contributed by atoms with van der Waals surface area (Å²) in [5.74, 6) is 0.0557. The number of nitrogens with one attached hydrogen (secondary N) is 2. The Balaban J connectivity index is 0.00000462. The van der Waals surface area contributed by atoms with Crippen molar-refractivity contribution in [2.75, 3.05) is 0 Å². The first-order chi connectivity index (χ1) is 19.0. The van der Waals surface area contributed by atoms with Crippen LogP contribution in [0.3, 0.4) is 0 Å². The third-order valence-electron chi connectivity index (χ3n) is 7.19. The number of carbonyl (C=O) groups excluding carboxylic acids is 2. The van der Waals surface area contributed by atoms with E-state index in [0.717, 1.165) is 22.3 Å². The van der Waals surface area contributed by atoms with E-state index in [4.69, 9.17) is 0 Å². The van der Waals surface area contributed by atoms with Crippen molar-refractivity contribution in [3.8, 4) is 0 Å². The van der Waals surface area contributed by atoms with E-state index >= 15 is 0 Å². The smallest absolute Gasteiger partial charge is 0.190 e. The summed E-state index contributed by atoms with van der Waals surface area (Å²) in [6, 6.07) is 19.9. The summed E-state index contributed by atoms with van der Waals surface area (Å²) in [5, 5.41) is 7.14. The van der Waals surface area contributed by atoms with Crippen LogP contribution in [0.2, 0.25) is 0 Å². The van der Waals surface area contributed by atoms with Gasteiger partial charge in [-0.3, -0.25) is 9.59 Å². The first-order valence-electron chi connectivity index (χ1n) is 13.9. The molecule has 2 aliphatic rings. The Hall–Kier alpha value is -3.66. The molecule has 0 amide bonds. The summed E-state index contributed by atoms with van der Waals surface area (Å²) in [6.07, 6.45) is 15.0. The van der Waals surface area contributed by atoms with E-state index in [1.165, 1.54) is 0 Å². The van der Waals surface area contributed by atoms with Crippen molar-refractivity contribution in [1.29, 1.82) is 0 Å². The molecular formula is C36H40MnN2O2. The summed E-state index contributed by atoms with van der Waals surface area (Å²) in [7, 11) is 0. The number of hydrogen-bond acceptors (Lipinski definition) is 4. The molecule has 0 aromatic heterocycles. The van der Waals surface area contributed by atoms with Crippen LogP contribution >= 0.6 is 0 Å². The normalized spacial score (nSPS) is 18.9. The molecule has 4 rings (SSSR count). The van der Waals surface area contributed by atoms with Crippen molar-refractivity contribution in [2.24, 2.45) is 10.8 Å². The van der Waals surface area contributed by atoms with Gasteiger partial charge in [-0.05, 0) is 34.1 Å². The summed E-state index contributed by atoms with van der Waals surface area (Å²) in [4.78, 5) is 26.7. The van der Waals surface area contributed by atoms with Gasteiger partial charge < -0.3 is 10.6 Å². The molecule has 0 saturated heterocycles. The van der Waals surface area contributed by atoms with Crippen LogP contribution in [-0.2, 0) is 26.7 Å². The summed E-state index contributed by atoms with van der Waals surface area (Å²) >= 11 is 0. The Morgan fingerprint density at radius 2 is 0.927 bits per heavy atom. The van der Waals surface area contributed by atoms with Gasteiger partial charge in [-0.25, -0.2) is 0 Å². The molecule has 1 radical (unpaired) electrons. The number of benzene rings is 2. The van der Waals surface area contributed by atoms with E-state index in [1.54, 1.807) is 0 Å². The van der Waals surface area contributed by atoms with E-state index in [9.17, 15) is 9.59 Å². The van der Waals surface area contributed by atoms with Gasteiger partial charge >= 0.3 is 0 Å². The first-order valence-corrected chi connectivity index (χ1v) is 13.9. The van der Waals surface area contributed by atoms with Crippen LogP contribution < -0.4 is 10.6 Å². The van der Waals surface area contributed by atoms with E-state index < -0.39 is 0 Å². The van der Waals surface area contributed by atoms with E-state index in [2.05, 4.69) is 76.4 Å². The van der Waals surface area contributed by atoms with Crippen molar-refractivity contribution in [3.63, 3.8) is 0 Å². The topological polar surface area (TPSA) is 58.2 Å². The van der Waals surface area contributed by atoms with E-state index in [1.807, 2.05) is 85.3 Å². The summed E-state index contributed by atoms with van der Waals surface area (Å²) in [5.41, 5.74) is 4.41. The zero-order valence-corrected chi connectivity index (χ0v) is 25.9. The Morgan fingerprint density at radius 3 is 1.24 bits per heavy atom. The van der Waals surface area contributed by atoms with Crippen molar-refractivity contribution >= 4 is 11.6 Å². The molecule has 0 bridgehead atoms. The number of ketones is 2. The third-order valence-corrected chi connectivity index (χ3v) is 7.19. The minimum absolute atomic E-state index is 0. The molecule has 5 heteroatoms. The molecule has 2 aromatic carbocycles. The predicted molar refractivity (Wildman–Crippen MR) is 164 cm³/mol. The number of Topliss-reactive ketones (excluding diaryl/α,β-unsaturated/α-hetero) is 2. The number of rotatable bonds is 7. The second kappa shape index (κ2) is 13.3. The largest absolute Gasteiger partial charge is 0.381 e. The number of hydrogen-bond donors (Lipinski definition) is 2. The van der Waals surface area contributed by atoms with Crippen molar-refractivity contribution in [3.05, 3.63) is 143 Å². The molecular weight excluding hydrogens is 547 g/mol. The second-order valence-electron chi connectivity index (χ2n) is 12.3. The zero-order chi connectivity index (χ0) is 28.9. The average molecular weight is 588 g/mol. The van der Waals surface area contributed by atoms with Crippen LogP contribution in [0, 0.1) is 10.8 Å². The Morgan fingerprint density at radius 1 is 0.585 bits per heavy atom. The van der Waals surface area contributed by atoms with E-state index in [0.29, 0.717) is 11.1 Å². The van der Waals surface area contributed by atoms with Crippen LogP contribution in [0.1, 0.15) is 64.8 Å². The Bertz CT molecular complexity index is 1320. The van der Waals surface area contributed by atoms with Gasteiger partial charge in [0.2, 0.25) is 0 Å². The molecule has 0 heterocycles. The molecule has 0 fully saturated rings. The average Bonchev–Trinajstić information content (AvgIpc) is 2.91. The standard InChI is InChI=1S/C36H40N2O2.Mn/c1-35(2,3)29-21-13-19-27(33(29)39)23-37-31(25-15-9-7-10-16-25)32(26-17-11-8-12-18-26)38-24-28-20-14-22-30(34(28)40)36(4,5)6;/h7-24,31-32,37-38H,1-6H3;/b27-23-,28-24-;/t31-,32-;/m1./s1. The molecule has 0 saturated carbocycles. The third kappa shape index (κ3) is 7.75. The van der Waals surface area contributed by atoms with Gasteiger partial charge in [0.25, 0.3) is 0 Å². The van der Waals surface area contributed by atoms with Gasteiger partial charge in [0.05, 0.1) is 12.1 Å². The predicted octanol–water partition coefficient (Wildman–Crippen LogP) is 7.64. The molecule has 2 N–H and O–H groups in total. The molecule has 0 unspecified atom stereocenters. The molecule has 0 spiro atoms. The van der Waals surface area contributed by atoms with Crippen LogP contribution in [0.5, 0.6) is 0 Å². The molecule has 0 aliphatic heterocycles. The van der Waals surface area contributed by atoms with Gasteiger partial charge in [-0.1, -0.05) is 127 Å². The maximum absolute atomic E-state index is 13.3. The van der Waals surface area contributed by atoms with Crippen LogP contribution in [0.25, 0.3) is 0 Å². The van der Waals surface area contributed by atoms with Crippen LogP contribution in [-0.4, -0.2) is 11.6 Å². The maximum atomic E-state index is 13.3. The van der Waals surface area contributed by atoms with Gasteiger partial charge in [0, 0.05) is 51.8 Å². The van der Waals surface area contributed by atoms with Crippen molar-refractivity contribution in [2.45, 2.75) is 53.6 Å². The molecule has 41 heavy (non-hydrogen) atoms. The fraction of sp³-hybridized carbons (Fsp3) is 0.278. The second-order valence-corrected chi connectivity index (χ2v) is 12.3. The fourth-order valence-corrected chi connectivity index (χ4v) is 4.97. The van der Waals surface area contributed by atoms with Crippen LogP contribution in [0.15, 0.2) is 132 Å². The Kier molecular flexibility index (Phi) is 10.4. The van der Waals surface area contributed by atoms with Crippen molar-refractivity contribution < 1.29 is 26.7 Å². The molecule has 213 valence electrons. The summed E-state index contributed by atoms with van der Waals surface area (Å²) in [6.45, 7) is 12.3. The Labute approximate surface area is 255 Å². The molecule has 2 aromatic rings. The molecule has 2 atom stereocenters. The minimum Gasteiger partial charge on any atom is -0.381 e. The van der Waals surface area contributed by atoms with Crippen molar-refractivity contribution in [1.82, 2.24) is 10.6 Å². The number of carbonyl (C=O) groups is 2.